The van der Waals surface area contributed by atoms with Crippen molar-refractivity contribution >= 4 is 33.9 Å². The van der Waals surface area contributed by atoms with Gasteiger partial charge < -0.3 is 19.5 Å². The Hall–Kier alpha value is -3.78. The van der Waals surface area contributed by atoms with Gasteiger partial charge in [-0.1, -0.05) is 42.5 Å². The van der Waals surface area contributed by atoms with Crippen LogP contribution in [0.15, 0.2) is 89.0 Å². The molecule has 0 aliphatic carbocycles. The Morgan fingerprint density at radius 1 is 1.03 bits per heavy atom. The largest absolute Gasteiger partial charge is 0.493 e. The summed E-state index contributed by atoms with van der Waals surface area (Å²) in [5, 5.41) is 6.67. The van der Waals surface area contributed by atoms with Crippen LogP contribution in [0.5, 0.6) is 17.2 Å². The lowest BCUT2D eigenvalue weighted by Gasteiger charge is -2.15. The highest BCUT2D eigenvalue weighted by atomic mass is 79.9. The van der Waals surface area contributed by atoms with Gasteiger partial charge in [0, 0.05) is 5.69 Å². The van der Waals surface area contributed by atoms with Crippen LogP contribution in [0.25, 0.3) is 0 Å². The molecule has 0 saturated heterocycles. The minimum Gasteiger partial charge on any atom is -0.493 e. The topological polar surface area (TPSA) is 81.2 Å². The number of para-hydroxylation sites is 2. The summed E-state index contributed by atoms with van der Waals surface area (Å²) in [5.41, 5.74) is 4.90. The van der Waals surface area contributed by atoms with Gasteiger partial charge in [-0.25, -0.2) is 10.2 Å². The minimum atomic E-state index is -0.442. The predicted octanol–water partition coefficient (Wildman–Crippen LogP) is 5.80. The Bertz CT molecular complexity index is 1140. The van der Waals surface area contributed by atoms with Gasteiger partial charge in [0.05, 0.1) is 17.8 Å². The molecule has 2 N–H and O–H groups in total. The van der Waals surface area contributed by atoms with E-state index in [1.54, 1.807) is 25.3 Å². The Labute approximate surface area is 207 Å². The van der Waals surface area contributed by atoms with Crippen molar-refractivity contribution in [1.29, 1.82) is 0 Å². The maximum absolute atomic E-state index is 11.9. The summed E-state index contributed by atoms with van der Waals surface area (Å²) < 4.78 is 17.9. The van der Waals surface area contributed by atoms with E-state index < -0.39 is 6.03 Å². The van der Waals surface area contributed by atoms with Crippen LogP contribution < -0.4 is 25.0 Å². The first-order chi connectivity index (χ1) is 16.6. The zero-order valence-corrected chi connectivity index (χ0v) is 20.4. The number of anilines is 1. The highest BCUT2D eigenvalue weighted by molar-refractivity contribution is 9.10. The molecule has 0 spiro atoms. The second kappa shape index (κ2) is 13.1. The van der Waals surface area contributed by atoms with Crippen LogP contribution >= 0.6 is 15.9 Å². The van der Waals surface area contributed by atoms with E-state index in [0.717, 1.165) is 17.7 Å². The molecule has 2 amide bonds. The number of allylic oxidation sites excluding steroid dienone is 1. The van der Waals surface area contributed by atoms with Gasteiger partial charge in [-0.2, -0.15) is 5.10 Å². The number of hydrogen-bond acceptors (Lipinski definition) is 5. The third-order valence-electron chi connectivity index (χ3n) is 4.59. The number of nitrogens with zero attached hydrogens (tertiary/aromatic N) is 1. The van der Waals surface area contributed by atoms with Gasteiger partial charge in [0.1, 0.15) is 19.0 Å². The van der Waals surface area contributed by atoms with E-state index >= 15 is 0 Å². The van der Waals surface area contributed by atoms with E-state index in [4.69, 9.17) is 14.2 Å². The van der Waals surface area contributed by atoms with Gasteiger partial charge >= 0.3 is 6.03 Å². The van der Waals surface area contributed by atoms with Gasteiger partial charge in [0.2, 0.25) is 0 Å². The summed E-state index contributed by atoms with van der Waals surface area (Å²) >= 11 is 3.51. The Morgan fingerprint density at radius 2 is 1.76 bits per heavy atom. The normalized spacial score (nSPS) is 10.5. The number of carbonyl (C=O) groups is 1. The molecule has 0 unspecified atom stereocenters. The summed E-state index contributed by atoms with van der Waals surface area (Å²) in [4.78, 5) is 11.9. The van der Waals surface area contributed by atoms with Crippen LogP contribution in [0.1, 0.15) is 11.1 Å². The maximum atomic E-state index is 11.9. The second-order valence-electron chi connectivity index (χ2n) is 7.02. The minimum absolute atomic E-state index is 0.325. The molecule has 7 nitrogen and oxygen atoms in total. The summed E-state index contributed by atoms with van der Waals surface area (Å²) in [5.74, 6) is 1.89. The number of amides is 2. The van der Waals surface area contributed by atoms with Gasteiger partial charge in [-0.15, -0.1) is 6.58 Å². The van der Waals surface area contributed by atoms with Crippen LogP contribution in [0.3, 0.4) is 0 Å². The summed E-state index contributed by atoms with van der Waals surface area (Å²) in [6, 6.07) is 20.1. The molecule has 3 rings (SSSR count). The van der Waals surface area contributed by atoms with Crippen molar-refractivity contribution in [2.24, 2.45) is 5.10 Å². The number of rotatable bonds is 11. The Balaban J connectivity index is 1.55. The van der Waals surface area contributed by atoms with E-state index in [2.05, 4.69) is 38.4 Å². The van der Waals surface area contributed by atoms with E-state index in [9.17, 15) is 4.79 Å². The van der Waals surface area contributed by atoms with Gasteiger partial charge in [0.15, 0.2) is 11.5 Å². The van der Waals surface area contributed by atoms with Gasteiger partial charge in [-0.05, 0) is 63.8 Å². The lowest BCUT2D eigenvalue weighted by molar-refractivity contribution is 0.209. The van der Waals surface area contributed by atoms with Gasteiger partial charge in [-0.3, -0.25) is 0 Å². The molecule has 0 heterocycles. The monoisotopic (exact) mass is 523 g/mol. The van der Waals surface area contributed by atoms with Crippen molar-refractivity contribution < 1.29 is 19.0 Å². The molecule has 176 valence electrons. The summed E-state index contributed by atoms with van der Waals surface area (Å²) in [6.07, 6.45) is 4.10. The third kappa shape index (κ3) is 7.38. The van der Waals surface area contributed by atoms with E-state index in [0.29, 0.717) is 40.4 Å². The molecule has 3 aromatic carbocycles. The number of hydrazone groups is 1. The summed E-state index contributed by atoms with van der Waals surface area (Å²) in [6.45, 7) is 4.47. The van der Waals surface area contributed by atoms with E-state index in [-0.39, 0.29) is 0 Å². The molecule has 0 aromatic heterocycles. The molecular formula is C26H26BrN3O4. The number of urea groups is 1. The number of halogens is 1. The highest BCUT2D eigenvalue weighted by Gasteiger charge is 2.12. The molecular weight excluding hydrogens is 498 g/mol. The van der Waals surface area contributed by atoms with Crippen molar-refractivity contribution in [3.8, 4) is 17.2 Å². The van der Waals surface area contributed by atoms with Crippen LogP contribution in [0.4, 0.5) is 10.5 Å². The Kier molecular flexibility index (Phi) is 9.54. The molecule has 0 fully saturated rings. The molecule has 0 radical (unpaired) electrons. The molecule has 0 atom stereocenters. The molecule has 0 aliphatic rings. The lowest BCUT2D eigenvalue weighted by atomic mass is 10.1. The first-order valence-electron chi connectivity index (χ1n) is 10.6. The van der Waals surface area contributed by atoms with Gasteiger partial charge in [0.25, 0.3) is 0 Å². The van der Waals surface area contributed by atoms with Crippen LogP contribution in [0, 0.1) is 0 Å². The fourth-order valence-electron chi connectivity index (χ4n) is 3.06. The first-order valence-corrected chi connectivity index (χ1v) is 11.4. The highest BCUT2D eigenvalue weighted by Crippen LogP contribution is 2.36. The number of ether oxygens (including phenoxy) is 3. The quantitative estimate of drug-likeness (QED) is 0.144. The zero-order valence-electron chi connectivity index (χ0n) is 18.8. The predicted molar refractivity (Wildman–Crippen MR) is 138 cm³/mol. The molecule has 0 bridgehead atoms. The smallest absolute Gasteiger partial charge is 0.339 e. The molecule has 3 aromatic rings. The average Bonchev–Trinajstić information content (AvgIpc) is 2.84. The molecule has 0 saturated carbocycles. The molecule has 34 heavy (non-hydrogen) atoms. The summed E-state index contributed by atoms with van der Waals surface area (Å²) in [7, 11) is 1.56. The number of methoxy groups -OCH3 is 1. The number of nitrogens with one attached hydrogen (secondary N) is 2. The fraction of sp³-hybridized carbons (Fsp3) is 0.154. The number of carbonyl (C=O) groups excluding carboxylic acids is 1. The van der Waals surface area contributed by atoms with Crippen LogP contribution in [-0.2, 0) is 6.42 Å². The second-order valence-corrected chi connectivity index (χ2v) is 7.88. The SMILES string of the molecule is C=CCc1ccccc1OCCOc1c(Br)cc(/C=N\NC(=O)Nc2ccccc2)cc1OC. The number of hydrogen-bond donors (Lipinski definition) is 2. The van der Waals surface area contributed by atoms with E-state index in [1.165, 1.54) is 6.21 Å². The van der Waals surface area contributed by atoms with Crippen molar-refractivity contribution in [1.82, 2.24) is 5.43 Å². The molecule has 0 aliphatic heterocycles. The molecule has 8 heteroatoms. The van der Waals surface area contributed by atoms with Crippen molar-refractivity contribution in [2.75, 3.05) is 25.6 Å². The standard InChI is InChI=1S/C26H26BrN3O4/c1-3-9-20-10-7-8-13-23(20)33-14-15-34-25-22(27)16-19(17-24(25)32-2)18-28-30-26(31)29-21-11-5-4-6-12-21/h3-8,10-13,16-18H,1,9,14-15H2,2H3,(H2,29,30,31)/b28-18-. The zero-order chi connectivity index (χ0) is 24.2. The van der Waals surface area contributed by atoms with E-state index in [1.807, 2.05) is 54.6 Å². The van der Waals surface area contributed by atoms with Crippen LogP contribution in [-0.4, -0.2) is 32.6 Å². The fourth-order valence-corrected chi connectivity index (χ4v) is 3.64. The maximum Gasteiger partial charge on any atom is 0.339 e. The Morgan fingerprint density at radius 3 is 2.53 bits per heavy atom. The van der Waals surface area contributed by atoms with Crippen molar-refractivity contribution in [3.05, 3.63) is 95.0 Å². The number of benzene rings is 3. The average molecular weight is 524 g/mol. The van der Waals surface area contributed by atoms with Crippen molar-refractivity contribution in [3.63, 3.8) is 0 Å². The lowest BCUT2D eigenvalue weighted by Crippen LogP contribution is -2.24. The van der Waals surface area contributed by atoms with Crippen LogP contribution in [0.2, 0.25) is 0 Å². The third-order valence-corrected chi connectivity index (χ3v) is 5.18. The first kappa shape index (κ1) is 24.9. The van der Waals surface area contributed by atoms with Crippen molar-refractivity contribution in [2.45, 2.75) is 6.42 Å².